The molecule has 2 aromatic carbocycles. The lowest BCUT2D eigenvalue weighted by molar-refractivity contribution is 0.0938. The van der Waals surface area contributed by atoms with Gasteiger partial charge in [0, 0.05) is 28.1 Å². The molecule has 0 aliphatic rings. The fourth-order valence-electron chi connectivity index (χ4n) is 3.64. The van der Waals surface area contributed by atoms with Crippen LogP contribution in [-0.2, 0) is 10.8 Å². The van der Waals surface area contributed by atoms with E-state index in [9.17, 15) is 14.7 Å². The van der Waals surface area contributed by atoms with Crippen molar-refractivity contribution in [1.82, 2.24) is 10.9 Å². The summed E-state index contributed by atoms with van der Waals surface area (Å²) in [5.41, 5.74) is 7.15. The van der Waals surface area contributed by atoms with Crippen LogP contribution in [-0.4, -0.2) is 23.4 Å². The van der Waals surface area contributed by atoms with Gasteiger partial charge in [0.2, 0.25) is 0 Å². The van der Waals surface area contributed by atoms with Crippen molar-refractivity contribution >= 4 is 46.0 Å². The highest BCUT2D eigenvalue weighted by Crippen LogP contribution is 2.41. The number of urea groups is 1. The summed E-state index contributed by atoms with van der Waals surface area (Å²) in [5, 5.41) is 24.1. The van der Waals surface area contributed by atoms with E-state index in [4.69, 9.17) is 5.41 Å². The van der Waals surface area contributed by atoms with Gasteiger partial charge < -0.3 is 10.4 Å². The maximum Gasteiger partial charge on any atom is 0.337 e. The minimum atomic E-state index is -0.613. The predicted octanol–water partition coefficient (Wildman–Crippen LogP) is 6.26. The van der Waals surface area contributed by atoms with E-state index in [0.29, 0.717) is 11.3 Å². The van der Waals surface area contributed by atoms with Crippen molar-refractivity contribution in [3.63, 3.8) is 0 Å². The molecule has 0 saturated carbocycles. The molecular weight excluding hydrogens is 474 g/mol. The first kappa shape index (κ1) is 26.7. The molecule has 9 heteroatoms. The lowest BCUT2D eigenvalue weighted by Gasteiger charge is -2.28. The Labute approximate surface area is 215 Å². The fraction of sp³-hybridized carbons (Fsp3) is 0.296. The van der Waals surface area contributed by atoms with Crippen LogP contribution in [0, 0.1) is 5.41 Å². The van der Waals surface area contributed by atoms with E-state index in [1.807, 2.05) is 59.1 Å². The number of hydrazine groups is 1. The van der Waals surface area contributed by atoms with Crippen molar-refractivity contribution in [1.29, 1.82) is 5.41 Å². The van der Waals surface area contributed by atoms with Crippen LogP contribution in [0.1, 0.15) is 63.0 Å². The molecule has 0 atom stereocenters. The van der Waals surface area contributed by atoms with Crippen LogP contribution < -0.4 is 21.1 Å². The van der Waals surface area contributed by atoms with Crippen molar-refractivity contribution in [2.75, 3.05) is 10.2 Å². The smallest absolute Gasteiger partial charge is 0.337 e. The van der Waals surface area contributed by atoms with Crippen molar-refractivity contribution in [3.05, 3.63) is 70.6 Å². The third-order valence-electron chi connectivity index (χ3n) is 5.55. The number of phenols is 1. The van der Waals surface area contributed by atoms with Gasteiger partial charge in [-0.1, -0.05) is 41.5 Å². The highest BCUT2D eigenvalue weighted by molar-refractivity contribution is 7.14. The average Bonchev–Trinajstić information content (AvgIpc) is 3.32. The molecule has 0 spiro atoms. The zero-order chi connectivity index (χ0) is 26.7. The van der Waals surface area contributed by atoms with E-state index in [1.165, 1.54) is 17.7 Å². The predicted molar refractivity (Wildman–Crippen MR) is 147 cm³/mol. The second-order valence-corrected chi connectivity index (χ2v) is 11.4. The second kappa shape index (κ2) is 10.4. The zero-order valence-electron chi connectivity index (χ0n) is 21.4. The third kappa shape index (κ3) is 6.23. The molecule has 3 amide bonds. The Bertz CT molecular complexity index is 1200. The maximum absolute atomic E-state index is 12.6. The van der Waals surface area contributed by atoms with Crippen molar-refractivity contribution < 1.29 is 14.7 Å². The molecule has 190 valence electrons. The van der Waals surface area contributed by atoms with Gasteiger partial charge in [0.1, 0.15) is 10.8 Å². The first-order valence-electron chi connectivity index (χ1n) is 11.5. The minimum Gasteiger partial charge on any atom is -0.507 e. The number of rotatable bonds is 5. The van der Waals surface area contributed by atoms with Crippen LogP contribution in [0.15, 0.2) is 53.9 Å². The molecule has 8 nitrogen and oxygen atoms in total. The van der Waals surface area contributed by atoms with E-state index in [2.05, 4.69) is 16.2 Å². The highest BCUT2D eigenvalue weighted by Gasteiger charge is 2.27. The number of hydrogen-bond donors (Lipinski definition) is 5. The van der Waals surface area contributed by atoms with Crippen LogP contribution in [0.25, 0.3) is 0 Å². The molecule has 3 aromatic rings. The molecule has 0 fully saturated rings. The van der Waals surface area contributed by atoms with Gasteiger partial charge in [-0.15, -0.1) is 11.3 Å². The zero-order valence-corrected chi connectivity index (χ0v) is 22.2. The van der Waals surface area contributed by atoms with E-state index in [1.54, 1.807) is 41.3 Å². The Balaban J connectivity index is 1.68. The summed E-state index contributed by atoms with van der Waals surface area (Å²) in [4.78, 5) is 26.8. The number of anilines is 3. The highest BCUT2D eigenvalue weighted by atomic mass is 32.1. The maximum atomic E-state index is 12.6. The van der Waals surface area contributed by atoms with Gasteiger partial charge in [0.25, 0.3) is 5.91 Å². The molecule has 36 heavy (non-hydrogen) atoms. The Morgan fingerprint density at radius 1 is 0.944 bits per heavy atom. The Hall–Kier alpha value is -3.85. The molecule has 0 aliphatic carbocycles. The molecule has 0 aliphatic heterocycles. The number of phenolic OH excluding ortho intramolecular Hbond substituents is 1. The molecule has 0 saturated heterocycles. The monoisotopic (exact) mass is 507 g/mol. The number of thiophene rings is 1. The van der Waals surface area contributed by atoms with Crippen molar-refractivity contribution in [3.8, 4) is 5.75 Å². The first-order chi connectivity index (χ1) is 16.8. The molecule has 0 bridgehead atoms. The summed E-state index contributed by atoms with van der Waals surface area (Å²) in [5.74, 6) is -0.260. The number of benzene rings is 2. The Morgan fingerprint density at radius 2 is 1.53 bits per heavy atom. The minimum absolute atomic E-state index is 0.221. The number of nitrogens with zero attached hydrogens (tertiary/aromatic N) is 1. The molecule has 0 unspecified atom stereocenters. The Kier molecular flexibility index (Phi) is 7.74. The summed E-state index contributed by atoms with van der Waals surface area (Å²) >= 11 is 1.50. The van der Waals surface area contributed by atoms with Gasteiger partial charge in [-0.25, -0.2) is 10.2 Å². The van der Waals surface area contributed by atoms with Crippen molar-refractivity contribution in [2.45, 2.75) is 52.4 Å². The summed E-state index contributed by atoms with van der Waals surface area (Å²) in [6, 6.07) is 13.4. The summed E-state index contributed by atoms with van der Waals surface area (Å²) in [6.07, 6.45) is 1.21. The average molecular weight is 508 g/mol. The van der Waals surface area contributed by atoms with E-state index in [-0.39, 0.29) is 16.6 Å². The number of aromatic hydroxyl groups is 1. The van der Waals surface area contributed by atoms with Crippen molar-refractivity contribution in [2.24, 2.45) is 0 Å². The van der Waals surface area contributed by atoms with Gasteiger partial charge in [-0.3, -0.25) is 20.5 Å². The number of nitrogens with one attached hydrogen (secondary N) is 4. The number of amides is 3. The summed E-state index contributed by atoms with van der Waals surface area (Å²) in [7, 11) is 0. The topological polar surface area (TPSA) is 118 Å². The van der Waals surface area contributed by atoms with Crippen LogP contribution >= 0.6 is 11.3 Å². The van der Waals surface area contributed by atoms with Gasteiger partial charge in [0.05, 0.1) is 6.34 Å². The van der Waals surface area contributed by atoms with Crippen LogP contribution in [0.4, 0.5) is 21.2 Å². The van der Waals surface area contributed by atoms with Gasteiger partial charge in [-0.2, -0.15) is 0 Å². The van der Waals surface area contributed by atoms with Gasteiger partial charge >= 0.3 is 6.03 Å². The lowest BCUT2D eigenvalue weighted by atomic mass is 9.79. The molecule has 1 aromatic heterocycles. The standard InChI is InChI=1S/C27H33N5O3S/c1-26(2,3)20-14-18(15-21(23(20)33)27(4,5)6)29-25(35)31-30-24(34)17-9-11-19(12-10-17)32(16-28)22-8-7-13-36-22/h7-16,28,33H,1-6H3,(H,30,34)(H2,29,31,35). The fourth-order valence-corrected chi connectivity index (χ4v) is 4.37. The first-order valence-corrected chi connectivity index (χ1v) is 12.4. The summed E-state index contributed by atoms with van der Waals surface area (Å²) < 4.78 is 0. The van der Waals surface area contributed by atoms with Crippen LogP contribution in [0.3, 0.4) is 0 Å². The number of hydrogen-bond acceptors (Lipinski definition) is 5. The third-order valence-corrected chi connectivity index (χ3v) is 6.42. The molecule has 3 rings (SSSR count). The van der Waals surface area contributed by atoms with Crippen LogP contribution in [0.2, 0.25) is 0 Å². The summed E-state index contributed by atoms with van der Waals surface area (Å²) in [6.45, 7) is 11.9. The largest absolute Gasteiger partial charge is 0.507 e. The second-order valence-electron chi connectivity index (χ2n) is 10.5. The SMILES string of the molecule is CC(C)(C)c1cc(NC(=O)NNC(=O)c2ccc(N(C=N)c3cccs3)cc2)cc(C(C)(C)C)c1O. The number of carbonyl (C=O) groups is 2. The molecule has 0 radical (unpaired) electrons. The van der Waals surface area contributed by atoms with Gasteiger partial charge in [0.15, 0.2) is 0 Å². The molecule has 5 N–H and O–H groups in total. The molecule has 1 heterocycles. The number of carbonyl (C=O) groups excluding carboxylic acids is 2. The quantitative estimate of drug-likeness (QED) is 0.121. The molecular formula is C27H33N5O3S. The Morgan fingerprint density at radius 3 is 2.00 bits per heavy atom. The van der Waals surface area contributed by atoms with E-state index < -0.39 is 11.9 Å². The van der Waals surface area contributed by atoms with E-state index >= 15 is 0 Å². The van der Waals surface area contributed by atoms with Crippen LogP contribution in [0.5, 0.6) is 5.75 Å². The lowest BCUT2D eigenvalue weighted by Crippen LogP contribution is -2.44. The van der Waals surface area contributed by atoms with Gasteiger partial charge in [-0.05, 0) is 64.7 Å². The normalized spacial score (nSPS) is 11.5. The van der Waals surface area contributed by atoms with E-state index in [0.717, 1.165) is 21.8 Å².